The van der Waals surface area contributed by atoms with E-state index in [9.17, 15) is 0 Å². The molecule has 0 aliphatic rings. The van der Waals surface area contributed by atoms with Gasteiger partial charge in [0.25, 0.3) is 0 Å². The van der Waals surface area contributed by atoms with Crippen LogP contribution in [0.4, 0.5) is 0 Å². The fourth-order valence-electron chi connectivity index (χ4n) is 1.85. The summed E-state index contributed by atoms with van der Waals surface area (Å²) >= 11 is 0. The molecular weight excluding hydrogens is 174 g/mol. The summed E-state index contributed by atoms with van der Waals surface area (Å²) in [5.41, 5.74) is 2.56. The van der Waals surface area contributed by atoms with Gasteiger partial charge in [-0.2, -0.15) is 0 Å². The fraction of sp³-hybridized carbons (Fsp3) is 0.333. The molecule has 0 aliphatic heterocycles. The van der Waals surface area contributed by atoms with Crippen LogP contribution in [-0.4, -0.2) is 11.7 Å². The normalized spacial score (nSPS) is 11.0. The molecular formula is C12H15NO. The summed E-state index contributed by atoms with van der Waals surface area (Å²) in [5.74, 6) is 0. The molecule has 2 rings (SSSR count). The summed E-state index contributed by atoms with van der Waals surface area (Å²) in [6, 6.07) is 8.44. The van der Waals surface area contributed by atoms with Gasteiger partial charge in [-0.15, -0.1) is 0 Å². The number of hydrogen-bond donors (Lipinski definition) is 0. The average Bonchev–Trinajstić information content (AvgIpc) is 2.58. The molecule has 0 saturated carbocycles. The van der Waals surface area contributed by atoms with Gasteiger partial charge in [0.1, 0.15) is 0 Å². The van der Waals surface area contributed by atoms with Crippen LogP contribution in [0, 0.1) is 0 Å². The molecule has 1 heterocycles. The molecule has 0 bridgehead atoms. The number of aromatic nitrogens is 1. The van der Waals surface area contributed by atoms with Crippen molar-refractivity contribution >= 4 is 10.9 Å². The minimum Gasteiger partial charge on any atom is -0.380 e. The van der Waals surface area contributed by atoms with Gasteiger partial charge in [-0.25, -0.2) is 0 Å². The molecule has 0 aliphatic carbocycles. The fourth-order valence-corrected chi connectivity index (χ4v) is 1.85. The maximum atomic E-state index is 5.18. The van der Waals surface area contributed by atoms with Gasteiger partial charge in [0.15, 0.2) is 0 Å². The number of hydrogen-bond acceptors (Lipinski definition) is 1. The number of ether oxygens (including phenoxy) is 1. The van der Waals surface area contributed by atoms with Crippen molar-refractivity contribution in [1.29, 1.82) is 0 Å². The maximum absolute atomic E-state index is 5.18. The summed E-state index contributed by atoms with van der Waals surface area (Å²) in [7, 11) is 1.73. The van der Waals surface area contributed by atoms with E-state index in [1.165, 1.54) is 16.5 Å². The van der Waals surface area contributed by atoms with Gasteiger partial charge in [-0.1, -0.05) is 18.2 Å². The van der Waals surface area contributed by atoms with E-state index in [0.717, 1.165) is 6.54 Å². The smallest absolute Gasteiger partial charge is 0.0733 e. The molecule has 0 spiro atoms. The Balaban J connectivity index is 2.61. The Kier molecular flexibility index (Phi) is 2.55. The lowest BCUT2D eigenvalue weighted by Gasteiger charge is -1.98. The number of nitrogens with zero attached hydrogens (tertiary/aromatic N) is 1. The van der Waals surface area contributed by atoms with Crippen LogP contribution in [-0.2, 0) is 17.9 Å². The van der Waals surface area contributed by atoms with Gasteiger partial charge in [-0.3, -0.25) is 0 Å². The highest BCUT2D eigenvalue weighted by Gasteiger charge is 2.05. The van der Waals surface area contributed by atoms with Crippen molar-refractivity contribution in [2.24, 2.45) is 0 Å². The molecule has 0 amide bonds. The number of methoxy groups -OCH3 is 1. The topological polar surface area (TPSA) is 14.2 Å². The van der Waals surface area contributed by atoms with Gasteiger partial charge in [0.05, 0.1) is 6.61 Å². The van der Waals surface area contributed by atoms with Crippen molar-refractivity contribution in [2.75, 3.05) is 7.11 Å². The Bertz CT molecular complexity index is 431. The molecule has 74 valence electrons. The van der Waals surface area contributed by atoms with Gasteiger partial charge in [0, 0.05) is 36.3 Å². The Morgan fingerprint density at radius 2 is 2.07 bits per heavy atom. The highest BCUT2D eigenvalue weighted by Crippen LogP contribution is 2.21. The van der Waals surface area contributed by atoms with Crippen molar-refractivity contribution in [1.82, 2.24) is 4.57 Å². The average molecular weight is 189 g/mol. The number of benzene rings is 1. The van der Waals surface area contributed by atoms with E-state index in [1.807, 2.05) is 0 Å². The molecule has 0 N–H and O–H groups in total. The van der Waals surface area contributed by atoms with Crippen molar-refractivity contribution in [2.45, 2.75) is 20.1 Å². The summed E-state index contributed by atoms with van der Waals surface area (Å²) < 4.78 is 7.43. The van der Waals surface area contributed by atoms with Crippen LogP contribution >= 0.6 is 0 Å². The lowest BCUT2D eigenvalue weighted by molar-refractivity contribution is 0.186. The highest BCUT2D eigenvalue weighted by atomic mass is 16.5. The van der Waals surface area contributed by atoms with E-state index in [4.69, 9.17) is 4.74 Å². The summed E-state index contributed by atoms with van der Waals surface area (Å²) in [5, 5.41) is 1.30. The predicted octanol–water partition coefficient (Wildman–Crippen LogP) is 2.81. The Hall–Kier alpha value is -1.28. The molecule has 0 saturated heterocycles. The molecule has 1 aromatic heterocycles. The van der Waals surface area contributed by atoms with Gasteiger partial charge in [-0.05, 0) is 13.0 Å². The molecule has 0 unspecified atom stereocenters. The highest BCUT2D eigenvalue weighted by molar-refractivity contribution is 5.83. The lowest BCUT2D eigenvalue weighted by atomic mass is 10.2. The van der Waals surface area contributed by atoms with Crippen molar-refractivity contribution in [3.8, 4) is 0 Å². The van der Waals surface area contributed by atoms with E-state index in [1.54, 1.807) is 7.11 Å². The molecule has 14 heavy (non-hydrogen) atoms. The van der Waals surface area contributed by atoms with Crippen LogP contribution in [0.15, 0.2) is 30.5 Å². The Labute approximate surface area is 84.1 Å². The molecule has 2 aromatic rings. The minimum absolute atomic E-state index is 0.688. The minimum atomic E-state index is 0.688. The van der Waals surface area contributed by atoms with Crippen LogP contribution in [0.5, 0.6) is 0 Å². The lowest BCUT2D eigenvalue weighted by Crippen LogP contribution is -1.90. The first-order valence-electron chi connectivity index (χ1n) is 4.92. The van der Waals surface area contributed by atoms with Gasteiger partial charge >= 0.3 is 0 Å². The number of fused-ring (bicyclic) bond motifs is 1. The Morgan fingerprint density at radius 3 is 2.79 bits per heavy atom. The third-order valence-electron chi connectivity index (χ3n) is 2.51. The molecule has 0 radical (unpaired) electrons. The summed E-state index contributed by atoms with van der Waals surface area (Å²) in [4.78, 5) is 0. The second-order valence-electron chi connectivity index (χ2n) is 3.39. The van der Waals surface area contributed by atoms with E-state index in [0.29, 0.717) is 6.61 Å². The SMILES string of the molecule is CCn1cc(COC)c2ccccc21. The summed E-state index contributed by atoms with van der Waals surface area (Å²) in [6.45, 7) is 3.85. The zero-order valence-corrected chi connectivity index (χ0v) is 8.66. The molecule has 2 heteroatoms. The number of aryl methyl sites for hydroxylation is 1. The molecule has 0 fully saturated rings. The monoisotopic (exact) mass is 189 g/mol. The quantitative estimate of drug-likeness (QED) is 0.724. The standard InChI is InChI=1S/C12H15NO/c1-3-13-8-10(9-14-2)11-6-4-5-7-12(11)13/h4-8H,3,9H2,1-2H3. The largest absolute Gasteiger partial charge is 0.380 e. The van der Waals surface area contributed by atoms with E-state index in [2.05, 4.69) is 42.0 Å². The second-order valence-corrected chi connectivity index (χ2v) is 3.39. The van der Waals surface area contributed by atoms with Crippen LogP contribution in [0.1, 0.15) is 12.5 Å². The van der Waals surface area contributed by atoms with Crippen LogP contribution in [0.2, 0.25) is 0 Å². The first-order valence-corrected chi connectivity index (χ1v) is 4.92. The second kappa shape index (κ2) is 3.84. The zero-order valence-electron chi connectivity index (χ0n) is 8.66. The van der Waals surface area contributed by atoms with E-state index < -0.39 is 0 Å². The first-order chi connectivity index (χ1) is 6.86. The molecule has 1 aromatic carbocycles. The van der Waals surface area contributed by atoms with E-state index in [-0.39, 0.29) is 0 Å². The summed E-state index contributed by atoms with van der Waals surface area (Å²) in [6.07, 6.45) is 2.17. The van der Waals surface area contributed by atoms with Crippen molar-refractivity contribution in [3.05, 3.63) is 36.0 Å². The van der Waals surface area contributed by atoms with Crippen LogP contribution in [0.25, 0.3) is 10.9 Å². The maximum Gasteiger partial charge on any atom is 0.0733 e. The third kappa shape index (κ3) is 1.42. The number of para-hydroxylation sites is 1. The van der Waals surface area contributed by atoms with Crippen LogP contribution in [0.3, 0.4) is 0 Å². The predicted molar refractivity (Wildman–Crippen MR) is 58.3 cm³/mol. The van der Waals surface area contributed by atoms with Gasteiger partial charge < -0.3 is 9.30 Å². The molecule has 2 nitrogen and oxygen atoms in total. The molecule has 0 atom stereocenters. The van der Waals surface area contributed by atoms with Gasteiger partial charge in [0.2, 0.25) is 0 Å². The van der Waals surface area contributed by atoms with E-state index >= 15 is 0 Å². The first kappa shape index (κ1) is 9.28. The third-order valence-corrected chi connectivity index (χ3v) is 2.51. The zero-order chi connectivity index (χ0) is 9.97. The van der Waals surface area contributed by atoms with Crippen LogP contribution < -0.4 is 0 Å². The Morgan fingerprint density at radius 1 is 1.29 bits per heavy atom. The van der Waals surface area contributed by atoms with Crippen molar-refractivity contribution in [3.63, 3.8) is 0 Å². The number of rotatable bonds is 3. The van der Waals surface area contributed by atoms with Crippen molar-refractivity contribution < 1.29 is 4.74 Å².